The molecule has 0 amide bonds. The van der Waals surface area contributed by atoms with Crippen LogP contribution in [0.4, 0.5) is 0 Å². The standard InChI is InChI=1S/C16H11BrO4/c17-13-5-1-11(2-6-13)15(19)16(20)12-3-7-14(8-4-12)21-10-9-18/h1-9H,10H2. The second-order valence-electron chi connectivity index (χ2n) is 4.17. The highest BCUT2D eigenvalue weighted by molar-refractivity contribution is 9.10. The van der Waals surface area contributed by atoms with Gasteiger partial charge in [0, 0.05) is 15.6 Å². The molecule has 0 spiro atoms. The van der Waals surface area contributed by atoms with E-state index in [2.05, 4.69) is 15.9 Å². The molecule has 0 aliphatic heterocycles. The Hall–Kier alpha value is -2.27. The summed E-state index contributed by atoms with van der Waals surface area (Å²) in [4.78, 5) is 34.4. The third kappa shape index (κ3) is 3.86. The molecule has 0 aliphatic rings. The number of hydrogen-bond acceptors (Lipinski definition) is 4. The lowest BCUT2D eigenvalue weighted by molar-refractivity contribution is -0.109. The van der Waals surface area contributed by atoms with Gasteiger partial charge in [-0.1, -0.05) is 15.9 Å². The zero-order valence-electron chi connectivity index (χ0n) is 10.9. The van der Waals surface area contributed by atoms with Crippen LogP contribution in [-0.4, -0.2) is 24.5 Å². The largest absolute Gasteiger partial charge is 0.486 e. The summed E-state index contributed by atoms with van der Waals surface area (Å²) in [5, 5.41) is 0. The molecular weight excluding hydrogens is 336 g/mol. The number of Topliss-reactive ketones (excluding diaryl/α,β-unsaturated/α-hetero) is 2. The van der Waals surface area contributed by atoms with Gasteiger partial charge < -0.3 is 4.74 Å². The highest BCUT2D eigenvalue weighted by Gasteiger charge is 2.18. The van der Waals surface area contributed by atoms with Gasteiger partial charge in [-0.15, -0.1) is 0 Å². The monoisotopic (exact) mass is 346 g/mol. The van der Waals surface area contributed by atoms with Crippen LogP contribution in [0.1, 0.15) is 20.7 Å². The van der Waals surface area contributed by atoms with Gasteiger partial charge in [0.25, 0.3) is 0 Å². The molecule has 0 N–H and O–H groups in total. The first kappa shape index (κ1) is 15.1. The molecule has 21 heavy (non-hydrogen) atoms. The van der Waals surface area contributed by atoms with Crippen LogP contribution in [0.15, 0.2) is 53.0 Å². The molecule has 4 nitrogen and oxygen atoms in total. The van der Waals surface area contributed by atoms with Crippen LogP contribution in [0.3, 0.4) is 0 Å². The number of hydrogen-bond donors (Lipinski definition) is 0. The van der Waals surface area contributed by atoms with Gasteiger partial charge in [0.1, 0.15) is 12.4 Å². The highest BCUT2D eigenvalue weighted by Crippen LogP contribution is 2.16. The first-order chi connectivity index (χ1) is 10.1. The maximum absolute atomic E-state index is 12.1. The number of carbonyl (C=O) groups excluding carboxylic acids is 3. The summed E-state index contributed by atoms with van der Waals surface area (Å²) in [5.41, 5.74) is 0.617. The van der Waals surface area contributed by atoms with Crippen LogP contribution >= 0.6 is 15.9 Å². The van der Waals surface area contributed by atoms with Crippen LogP contribution in [0.5, 0.6) is 5.75 Å². The van der Waals surface area contributed by atoms with Gasteiger partial charge in [0.15, 0.2) is 6.29 Å². The van der Waals surface area contributed by atoms with Crippen molar-refractivity contribution in [3.63, 3.8) is 0 Å². The lowest BCUT2D eigenvalue weighted by Gasteiger charge is -2.04. The second-order valence-corrected chi connectivity index (χ2v) is 5.08. The third-order valence-corrected chi connectivity index (χ3v) is 3.28. The van der Waals surface area contributed by atoms with Crippen molar-refractivity contribution in [2.75, 3.05) is 6.61 Å². The van der Waals surface area contributed by atoms with E-state index in [1.54, 1.807) is 36.4 Å². The minimum Gasteiger partial charge on any atom is -0.486 e. The number of rotatable bonds is 6. The van der Waals surface area contributed by atoms with E-state index in [-0.39, 0.29) is 12.2 Å². The number of benzene rings is 2. The SMILES string of the molecule is O=CCOc1ccc(C(=O)C(=O)c2ccc(Br)cc2)cc1. The van der Waals surface area contributed by atoms with Gasteiger partial charge >= 0.3 is 0 Å². The quantitative estimate of drug-likeness (QED) is 0.458. The third-order valence-electron chi connectivity index (χ3n) is 2.75. The zero-order valence-corrected chi connectivity index (χ0v) is 12.5. The van der Waals surface area contributed by atoms with Gasteiger partial charge in [-0.2, -0.15) is 0 Å². The zero-order chi connectivity index (χ0) is 15.2. The molecule has 106 valence electrons. The fourth-order valence-electron chi connectivity index (χ4n) is 1.70. The molecule has 0 bridgehead atoms. The van der Waals surface area contributed by atoms with Crippen LogP contribution in [-0.2, 0) is 4.79 Å². The Labute approximate surface area is 129 Å². The summed E-state index contributed by atoms with van der Waals surface area (Å²) >= 11 is 3.27. The molecule has 0 atom stereocenters. The average molecular weight is 347 g/mol. The Bertz CT molecular complexity index is 660. The molecule has 5 heteroatoms. The summed E-state index contributed by atoms with van der Waals surface area (Å²) < 4.78 is 5.91. The van der Waals surface area contributed by atoms with Crippen molar-refractivity contribution in [2.24, 2.45) is 0 Å². The predicted octanol–water partition coefficient (Wildman–Crippen LogP) is 3.09. The van der Waals surface area contributed by atoms with E-state index >= 15 is 0 Å². The minimum absolute atomic E-state index is 0.0505. The average Bonchev–Trinajstić information content (AvgIpc) is 2.53. The van der Waals surface area contributed by atoms with Crippen LogP contribution in [0.2, 0.25) is 0 Å². The van der Waals surface area contributed by atoms with E-state index in [1.807, 2.05) is 0 Å². The van der Waals surface area contributed by atoms with Gasteiger partial charge in [-0.05, 0) is 48.5 Å². The number of carbonyl (C=O) groups is 3. The Kier molecular flexibility index (Phi) is 5.00. The Morgan fingerprint density at radius 2 is 1.38 bits per heavy atom. The van der Waals surface area contributed by atoms with Gasteiger partial charge in [-0.3, -0.25) is 14.4 Å². The highest BCUT2D eigenvalue weighted by atomic mass is 79.9. The van der Waals surface area contributed by atoms with Crippen LogP contribution in [0.25, 0.3) is 0 Å². The Balaban J connectivity index is 2.13. The maximum atomic E-state index is 12.1. The summed E-state index contributed by atoms with van der Waals surface area (Å²) in [7, 11) is 0. The number of ketones is 2. The molecular formula is C16H11BrO4. The minimum atomic E-state index is -0.584. The van der Waals surface area contributed by atoms with Gasteiger partial charge in [0.2, 0.25) is 11.6 Å². The van der Waals surface area contributed by atoms with E-state index < -0.39 is 11.6 Å². The van der Waals surface area contributed by atoms with Crippen molar-refractivity contribution in [3.05, 3.63) is 64.1 Å². The second kappa shape index (κ2) is 6.95. The van der Waals surface area contributed by atoms with Crippen LogP contribution < -0.4 is 4.74 Å². The summed E-state index contributed by atoms with van der Waals surface area (Å²) in [6.07, 6.45) is 0.635. The molecule has 0 fully saturated rings. The molecule has 0 saturated heterocycles. The molecule has 2 aromatic carbocycles. The number of aldehydes is 1. The van der Waals surface area contributed by atoms with Crippen molar-refractivity contribution in [1.82, 2.24) is 0 Å². The Morgan fingerprint density at radius 1 is 0.905 bits per heavy atom. The molecule has 0 heterocycles. The topological polar surface area (TPSA) is 60.4 Å². The predicted molar refractivity (Wildman–Crippen MR) is 80.8 cm³/mol. The normalized spacial score (nSPS) is 9.95. The number of ether oxygens (including phenoxy) is 1. The van der Waals surface area contributed by atoms with Crippen molar-refractivity contribution in [2.45, 2.75) is 0 Å². The molecule has 0 radical (unpaired) electrons. The van der Waals surface area contributed by atoms with E-state index in [0.717, 1.165) is 4.47 Å². The summed E-state index contributed by atoms with van der Waals surface area (Å²) in [6.45, 7) is -0.0505. The van der Waals surface area contributed by atoms with Gasteiger partial charge in [-0.25, -0.2) is 0 Å². The van der Waals surface area contributed by atoms with Crippen molar-refractivity contribution in [3.8, 4) is 5.75 Å². The molecule has 2 rings (SSSR count). The molecule has 2 aromatic rings. The van der Waals surface area contributed by atoms with Crippen molar-refractivity contribution in [1.29, 1.82) is 0 Å². The van der Waals surface area contributed by atoms with E-state index in [0.29, 0.717) is 17.6 Å². The van der Waals surface area contributed by atoms with Crippen molar-refractivity contribution >= 4 is 33.8 Å². The lowest BCUT2D eigenvalue weighted by atomic mass is 10.0. The summed E-state index contributed by atoms with van der Waals surface area (Å²) in [6, 6.07) is 12.7. The lowest BCUT2D eigenvalue weighted by Crippen LogP contribution is -2.14. The Morgan fingerprint density at radius 3 is 1.86 bits per heavy atom. The van der Waals surface area contributed by atoms with Crippen LogP contribution in [0, 0.1) is 0 Å². The number of halogens is 1. The molecule has 0 aromatic heterocycles. The molecule has 0 unspecified atom stereocenters. The molecule has 0 aliphatic carbocycles. The fraction of sp³-hybridized carbons (Fsp3) is 0.0625. The van der Waals surface area contributed by atoms with E-state index in [9.17, 15) is 14.4 Å². The first-order valence-corrected chi connectivity index (χ1v) is 6.92. The first-order valence-electron chi connectivity index (χ1n) is 6.13. The van der Waals surface area contributed by atoms with Gasteiger partial charge in [0.05, 0.1) is 0 Å². The van der Waals surface area contributed by atoms with E-state index in [1.165, 1.54) is 12.1 Å². The smallest absolute Gasteiger partial charge is 0.233 e. The fourth-order valence-corrected chi connectivity index (χ4v) is 1.96. The summed E-state index contributed by atoms with van der Waals surface area (Å²) in [5.74, 6) is -0.682. The maximum Gasteiger partial charge on any atom is 0.233 e. The molecule has 0 saturated carbocycles. The van der Waals surface area contributed by atoms with E-state index in [4.69, 9.17) is 4.74 Å². The van der Waals surface area contributed by atoms with Crippen molar-refractivity contribution < 1.29 is 19.1 Å².